The summed E-state index contributed by atoms with van der Waals surface area (Å²) in [6.45, 7) is 5.78. The molecule has 110 valence electrons. The van der Waals surface area contributed by atoms with Gasteiger partial charge >= 0.3 is 0 Å². The van der Waals surface area contributed by atoms with Crippen molar-refractivity contribution in [3.05, 3.63) is 35.4 Å². The molecule has 0 saturated carbocycles. The number of aryl methyl sites for hydroxylation is 2. The van der Waals surface area contributed by atoms with Crippen molar-refractivity contribution in [3.8, 4) is 0 Å². The lowest BCUT2D eigenvalue weighted by Crippen LogP contribution is -2.49. The van der Waals surface area contributed by atoms with Crippen molar-refractivity contribution in [1.29, 1.82) is 0 Å². The van der Waals surface area contributed by atoms with Gasteiger partial charge in [0.05, 0.1) is 0 Å². The van der Waals surface area contributed by atoms with Gasteiger partial charge in [-0.3, -0.25) is 4.79 Å². The Morgan fingerprint density at radius 2 is 2.05 bits per heavy atom. The molecule has 3 heteroatoms. The molecular weight excluding hydrogens is 248 g/mol. The number of nitrogens with two attached hydrogens (primary N) is 1. The van der Waals surface area contributed by atoms with Crippen LogP contribution in [0.5, 0.6) is 0 Å². The van der Waals surface area contributed by atoms with E-state index in [0.29, 0.717) is 18.9 Å². The maximum absolute atomic E-state index is 12.4. The molecule has 2 atom stereocenters. The lowest BCUT2D eigenvalue weighted by molar-refractivity contribution is -0.135. The second-order valence-corrected chi connectivity index (χ2v) is 6.09. The van der Waals surface area contributed by atoms with E-state index in [1.54, 1.807) is 0 Å². The molecule has 1 aromatic rings. The number of nitrogens with zero attached hydrogens (tertiary/aromatic N) is 1. The van der Waals surface area contributed by atoms with Gasteiger partial charge in [0, 0.05) is 25.6 Å². The van der Waals surface area contributed by atoms with Crippen LogP contribution in [-0.2, 0) is 11.2 Å². The highest BCUT2D eigenvalue weighted by molar-refractivity contribution is 5.77. The van der Waals surface area contributed by atoms with Crippen LogP contribution in [0.15, 0.2) is 24.3 Å². The van der Waals surface area contributed by atoms with Crippen molar-refractivity contribution in [3.63, 3.8) is 0 Å². The van der Waals surface area contributed by atoms with Crippen LogP contribution in [0, 0.1) is 12.8 Å². The van der Waals surface area contributed by atoms with Gasteiger partial charge in [0.2, 0.25) is 5.91 Å². The molecule has 1 aromatic carbocycles. The zero-order chi connectivity index (χ0) is 14.5. The van der Waals surface area contributed by atoms with Gasteiger partial charge in [-0.1, -0.05) is 36.8 Å². The predicted octanol–water partition coefficient (Wildman–Crippen LogP) is 2.51. The molecular formula is C17H26N2O. The minimum Gasteiger partial charge on any atom is -0.338 e. The molecule has 2 N–H and O–H groups in total. The smallest absolute Gasteiger partial charge is 0.223 e. The zero-order valence-corrected chi connectivity index (χ0v) is 12.6. The van der Waals surface area contributed by atoms with Crippen molar-refractivity contribution < 1.29 is 4.79 Å². The molecule has 1 fully saturated rings. The summed E-state index contributed by atoms with van der Waals surface area (Å²) in [7, 11) is 0. The van der Waals surface area contributed by atoms with E-state index in [0.717, 1.165) is 25.8 Å². The first kappa shape index (κ1) is 15.0. The van der Waals surface area contributed by atoms with E-state index in [2.05, 4.69) is 38.1 Å². The molecule has 0 aromatic heterocycles. The van der Waals surface area contributed by atoms with Gasteiger partial charge in [-0.25, -0.2) is 0 Å². The Kier molecular flexibility index (Phi) is 5.18. The Morgan fingerprint density at radius 3 is 2.70 bits per heavy atom. The largest absolute Gasteiger partial charge is 0.338 e. The Morgan fingerprint density at radius 1 is 1.35 bits per heavy atom. The summed E-state index contributed by atoms with van der Waals surface area (Å²) in [5, 5.41) is 0. The first-order chi connectivity index (χ1) is 9.60. The van der Waals surface area contributed by atoms with E-state index < -0.39 is 0 Å². The standard InChI is InChI=1S/C17H26N2O/c1-13-3-5-15(6-4-13)7-8-17(20)19-10-9-14(2)11-16(19)12-18/h3-6,14,16H,7-12,18H2,1-2H3. The number of rotatable bonds is 4. The maximum Gasteiger partial charge on any atom is 0.223 e. The topological polar surface area (TPSA) is 46.3 Å². The highest BCUT2D eigenvalue weighted by Crippen LogP contribution is 2.22. The lowest BCUT2D eigenvalue weighted by Gasteiger charge is -2.38. The minimum atomic E-state index is 0.240. The molecule has 20 heavy (non-hydrogen) atoms. The number of hydrogen-bond donors (Lipinski definition) is 1. The van der Waals surface area contributed by atoms with Crippen LogP contribution in [-0.4, -0.2) is 29.9 Å². The third kappa shape index (κ3) is 3.83. The molecule has 1 amide bonds. The van der Waals surface area contributed by atoms with E-state index in [9.17, 15) is 4.79 Å². The summed E-state index contributed by atoms with van der Waals surface area (Å²) >= 11 is 0. The first-order valence-corrected chi connectivity index (χ1v) is 7.65. The first-order valence-electron chi connectivity index (χ1n) is 7.65. The summed E-state index contributed by atoms with van der Waals surface area (Å²) in [6, 6.07) is 8.67. The van der Waals surface area contributed by atoms with Gasteiger partial charge in [-0.05, 0) is 37.7 Å². The highest BCUT2D eigenvalue weighted by Gasteiger charge is 2.28. The number of benzene rings is 1. The molecule has 2 unspecified atom stereocenters. The van der Waals surface area contributed by atoms with E-state index >= 15 is 0 Å². The van der Waals surface area contributed by atoms with Gasteiger partial charge in [-0.2, -0.15) is 0 Å². The van der Waals surface area contributed by atoms with E-state index in [-0.39, 0.29) is 11.9 Å². The van der Waals surface area contributed by atoms with Crippen molar-refractivity contribution >= 4 is 5.91 Å². The van der Waals surface area contributed by atoms with Crippen LogP contribution in [0.4, 0.5) is 0 Å². The summed E-state index contributed by atoms with van der Waals surface area (Å²) in [4.78, 5) is 14.4. The number of likely N-dealkylation sites (tertiary alicyclic amines) is 1. The van der Waals surface area contributed by atoms with Crippen LogP contribution >= 0.6 is 0 Å². The van der Waals surface area contributed by atoms with Gasteiger partial charge < -0.3 is 10.6 Å². The Labute approximate surface area is 122 Å². The number of hydrogen-bond acceptors (Lipinski definition) is 2. The van der Waals surface area contributed by atoms with Crippen molar-refractivity contribution in [2.24, 2.45) is 11.7 Å². The van der Waals surface area contributed by atoms with Gasteiger partial charge in [0.25, 0.3) is 0 Å². The van der Waals surface area contributed by atoms with Crippen LogP contribution in [0.1, 0.15) is 37.3 Å². The molecule has 1 aliphatic heterocycles. The van der Waals surface area contributed by atoms with Crippen LogP contribution < -0.4 is 5.73 Å². The van der Waals surface area contributed by atoms with Crippen LogP contribution in [0.3, 0.4) is 0 Å². The predicted molar refractivity (Wildman–Crippen MR) is 82.5 cm³/mol. The zero-order valence-electron chi connectivity index (χ0n) is 12.6. The number of carbonyl (C=O) groups is 1. The lowest BCUT2D eigenvalue weighted by atomic mass is 9.92. The molecule has 1 heterocycles. The number of carbonyl (C=O) groups excluding carboxylic acids is 1. The van der Waals surface area contributed by atoms with Crippen molar-refractivity contribution in [2.75, 3.05) is 13.1 Å². The van der Waals surface area contributed by atoms with Gasteiger partial charge in [0.1, 0.15) is 0 Å². The van der Waals surface area contributed by atoms with E-state index in [1.165, 1.54) is 11.1 Å². The molecule has 0 spiro atoms. The summed E-state index contributed by atoms with van der Waals surface area (Å²) in [6.07, 6.45) is 3.57. The molecule has 0 radical (unpaired) electrons. The summed E-state index contributed by atoms with van der Waals surface area (Å²) in [5.41, 5.74) is 8.32. The Bertz CT molecular complexity index is 441. The average Bonchev–Trinajstić information content (AvgIpc) is 2.46. The second-order valence-electron chi connectivity index (χ2n) is 6.09. The molecule has 2 rings (SSSR count). The van der Waals surface area contributed by atoms with Crippen LogP contribution in [0.2, 0.25) is 0 Å². The Balaban J connectivity index is 1.89. The molecule has 1 aliphatic rings. The quantitative estimate of drug-likeness (QED) is 0.917. The summed E-state index contributed by atoms with van der Waals surface area (Å²) < 4.78 is 0. The fourth-order valence-corrected chi connectivity index (χ4v) is 2.95. The van der Waals surface area contributed by atoms with Crippen molar-refractivity contribution in [1.82, 2.24) is 4.90 Å². The minimum absolute atomic E-state index is 0.240. The van der Waals surface area contributed by atoms with Gasteiger partial charge in [-0.15, -0.1) is 0 Å². The average molecular weight is 274 g/mol. The van der Waals surface area contributed by atoms with Crippen molar-refractivity contribution in [2.45, 2.75) is 45.6 Å². The molecule has 3 nitrogen and oxygen atoms in total. The monoisotopic (exact) mass is 274 g/mol. The fourth-order valence-electron chi connectivity index (χ4n) is 2.95. The third-order valence-corrected chi connectivity index (χ3v) is 4.32. The maximum atomic E-state index is 12.4. The highest BCUT2D eigenvalue weighted by atomic mass is 16.2. The summed E-state index contributed by atoms with van der Waals surface area (Å²) in [5.74, 6) is 0.942. The van der Waals surface area contributed by atoms with Crippen LogP contribution in [0.25, 0.3) is 0 Å². The number of amides is 1. The van der Waals surface area contributed by atoms with E-state index in [1.807, 2.05) is 4.90 Å². The molecule has 1 saturated heterocycles. The molecule has 0 bridgehead atoms. The molecule has 0 aliphatic carbocycles. The fraction of sp³-hybridized carbons (Fsp3) is 0.588. The third-order valence-electron chi connectivity index (χ3n) is 4.32. The van der Waals surface area contributed by atoms with Gasteiger partial charge in [0.15, 0.2) is 0 Å². The normalized spacial score (nSPS) is 22.9. The second kappa shape index (κ2) is 6.89. The number of piperidine rings is 1. The Hall–Kier alpha value is -1.35. The van der Waals surface area contributed by atoms with E-state index in [4.69, 9.17) is 5.73 Å². The SMILES string of the molecule is Cc1ccc(CCC(=O)N2CCC(C)CC2CN)cc1.